The molecule has 0 unspecified atom stereocenters. The minimum atomic E-state index is -0.315. The fourth-order valence-corrected chi connectivity index (χ4v) is 1.91. The molecule has 126 valence electrons. The van der Waals surface area contributed by atoms with E-state index in [0.29, 0.717) is 11.3 Å². The van der Waals surface area contributed by atoms with Crippen LogP contribution in [0, 0.1) is 0 Å². The van der Waals surface area contributed by atoms with Crippen LogP contribution in [0.5, 0.6) is 17.2 Å². The van der Waals surface area contributed by atoms with Crippen LogP contribution in [-0.2, 0) is 4.79 Å². The van der Waals surface area contributed by atoms with Crippen molar-refractivity contribution in [3.8, 4) is 17.2 Å². The SMILES string of the molecule is COc1ccc(NCC(=O)NN=Cc2cccc(OC)c2O)cc1. The van der Waals surface area contributed by atoms with Crippen molar-refractivity contribution < 1.29 is 19.4 Å². The van der Waals surface area contributed by atoms with Crippen molar-refractivity contribution in [3.63, 3.8) is 0 Å². The van der Waals surface area contributed by atoms with Crippen LogP contribution in [0.3, 0.4) is 0 Å². The lowest BCUT2D eigenvalue weighted by atomic mass is 10.2. The third kappa shape index (κ3) is 4.64. The number of carbonyl (C=O) groups excluding carboxylic acids is 1. The lowest BCUT2D eigenvalue weighted by Crippen LogP contribution is -2.25. The molecular weight excluding hydrogens is 310 g/mol. The molecule has 2 rings (SSSR count). The van der Waals surface area contributed by atoms with Gasteiger partial charge in [0.2, 0.25) is 0 Å². The van der Waals surface area contributed by atoms with Crippen molar-refractivity contribution in [2.45, 2.75) is 0 Å². The number of phenolic OH excluding ortho intramolecular Hbond substituents is 1. The minimum absolute atomic E-state index is 0.0330. The van der Waals surface area contributed by atoms with Crippen molar-refractivity contribution >= 4 is 17.8 Å². The Morgan fingerprint density at radius 1 is 1.17 bits per heavy atom. The number of anilines is 1. The van der Waals surface area contributed by atoms with Gasteiger partial charge in [-0.2, -0.15) is 5.10 Å². The largest absolute Gasteiger partial charge is 0.504 e. The number of hydrogen-bond donors (Lipinski definition) is 3. The molecule has 1 amide bonds. The molecule has 7 nitrogen and oxygen atoms in total. The van der Waals surface area contributed by atoms with Crippen LogP contribution in [0.1, 0.15) is 5.56 Å². The van der Waals surface area contributed by atoms with Crippen LogP contribution >= 0.6 is 0 Å². The van der Waals surface area contributed by atoms with E-state index in [1.807, 2.05) is 12.1 Å². The van der Waals surface area contributed by atoms with Gasteiger partial charge in [-0.3, -0.25) is 4.79 Å². The summed E-state index contributed by atoms with van der Waals surface area (Å²) in [5, 5.41) is 16.7. The number of benzene rings is 2. The van der Waals surface area contributed by atoms with Gasteiger partial charge in [0, 0.05) is 11.3 Å². The number of aromatic hydroxyl groups is 1. The lowest BCUT2D eigenvalue weighted by Gasteiger charge is -2.07. The average Bonchev–Trinajstić information content (AvgIpc) is 2.62. The maximum Gasteiger partial charge on any atom is 0.259 e. The Morgan fingerprint density at radius 3 is 2.58 bits per heavy atom. The predicted octanol–water partition coefficient (Wildman–Crippen LogP) is 1.97. The molecule has 0 aliphatic heterocycles. The summed E-state index contributed by atoms with van der Waals surface area (Å²) < 4.78 is 10.1. The monoisotopic (exact) mass is 329 g/mol. The zero-order valence-corrected chi connectivity index (χ0v) is 13.4. The number of nitrogens with one attached hydrogen (secondary N) is 2. The van der Waals surface area contributed by atoms with Gasteiger partial charge in [-0.1, -0.05) is 6.07 Å². The first kappa shape index (κ1) is 17.1. The van der Waals surface area contributed by atoms with E-state index in [1.165, 1.54) is 13.3 Å². The Bertz CT molecular complexity index is 714. The summed E-state index contributed by atoms with van der Waals surface area (Å²) in [7, 11) is 3.05. The van der Waals surface area contributed by atoms with E-state index in [9.17, 15) is 9.90 Å². The summed E-state index contributed by atoms with van der Waals surface area (Å²) in [6, 6.07) is 12.2. The number of ether oxygens (including phenoxy) is 2. The number of rotatable bonds is 7. The zero-order valence-electron chi connectivity index (χ0n) is 13.4. The fraction of sp³-hybridized carbons (Fsp3) is 0.176. The highest BCUT2D eigenvalue weighted by molar-refractivity contribution is 5.87. The van der Waals surface area contributed by atoms with Gasteiger partial charge in [-0.05, 0) is 36.4 Å². The summed E-state index contributed by atoms with van der Waals surface area (Å²) in [5.41, 5.74) is 3.61. The molecule has 0 aliphatic rings. The molecule has 3 N–H and O–H groups in total. The number of phenols is 1. The summed E-state index contributed by atoms with van der Waals surface area (Å²) >= 11 is 0. The molecule has 0 heterocycles. The Morgan fingerprint density at radius 2 is 1.92 bits per heavy atom. The molecule has 0 saturated heterocycles. The number of carbonyl (C=O) groups is 1. The summed E-state index contributed by atoms with van der Waals surface area (Å²) in [6.07, 6.45) is 1.35. The number of hydrazone groups is 1. The van der Waals surface area contributed by atoms with Gasteiger partial charge in [0.25, 0.3) is 5.91 Å². The van der Waals surface area contributed by atoms with Crippen LogP contribution < -0.4 is 20.2 Å². The molecule has 0 atom stereocenters. The molecule has 0 saturated carbocycles. The van der Waals surface area contributed by atoms with E-state index in [0.717, 1.165) is 11.4 Å². The quantitative estimate of drug-likeness (QED) is 0.533. The average molecular weight is 329 g/mol. The van der Waals surface area contributed by atoms with Crippen molar-refractivity contribution in [2.75, 3.05) is 26.1 Å². The van der Waals surface area contributed by atoms with Gasteiger partial charge in [0.15, 0.2) is 11.5 Å². The van der Waals surface area contributed by atoms with Crippen LogP contribution in [0.15, 0.2) is 47.6 Å². The molecule has 0 aliphatic carbocycles. The van der Waals surface area contributed by atoms with Crippen LogP contribution in [0.4, 0.5) is 5.69 Å². The van der Waals surface area contributed by atoms with Crippen LogP contribution in [0.25, 0.3) is 0 Å². The van der Waals surface area contributed by atoms with E-state index < -0.39 is 0 Å². The second-order valence-electron chi connectivity index (χ2n) is 4.77. The summed E-state index contributed by atoms with van der Waals surface area (Å²) in [6.45, 7) is 0.0633. The predicted molar refractivity (Wildman–Crippen MR) is 91.9 cm³/mol. The fourth-order valence-electron chi connectivity index (χ4n) is 1.91. The number of nitrogens with zero attached hydrogens (tertiary/aromatic N) is 1. The summed E-state index contributed by atoms with van der Waals surface area (Å²) in [4.78, 5) is 11.7. The van der Waals surface area contributed by atoms with Gasteiger partial charge in [-0.25, -0.2) is 5.43 Å². The van der Waals surface area contributed by atoms with E-state index in [2.05, 4.69) is 15.8 Å². The Balaban J connectivity index is 1.84. The Hall–Kier alpha value is -3.22. The smallest absolute Gasteiger partial charge is 0.259 e. The standard InChI is InChI=1S/C17H19N3O4/c1-23-14-8-6-13(7-9-14)18-11-16(21)20-19-10-12-4-3-5-15(24-2)17(12)22/h3-10,18,22H,11H2,1-2H3,(H,20,21). The highest BCUT2D eigenvalue weighted by Gasteiger charge is 2.05. The van der Waals surface area contributed by atoms with Crippen LogP contribution in [-0.4, -0.2) is 38.0 Å². The third-order valence-electron chi connectivity index (χ3n) is 3.19. The molecule has 2 aromatic carbocycles. The minimum Gasteiger partial charge on any atom is -0.504 e. The zero-order chi connectivity index (χ0) is 17.4. The third-order valence-corrected chi connectivity index (χ3v) is 3.19. The van der Waals surface area contributed by atoms with Crippen molar-refractivity contribution in [1.82, 2.24) is 5.43 Å². The molecule has 0 spiro atoms. The van der Waals surface area contributed by atoms with Gasteiger partial charge in [0.05, 0.1) is 27.0 Å². The van der Waals surface area contributed by atoms with Crippen molar-refractivity contribution in [2.24, 2.45) is 5.10 Å². The Labute approximate surface area is 139 Å². The van der Waals surface area contributed by atoms with Crippen molar-refractivity contribution in [1.29, 1.82) is 0 Å². The number of methoxy groups -OCH3 is 2. The molecular formula is C17H19N3O4. The second-order valence-corrected chi connectivity index (χ2v) is 4.77. The highest BCUT2D eigenvalue weighted by Crippen LogP contribution is 2.27. The lowest BCUT2D eigenvalue weighted by molar-refractivity contribution is -0.119. The van der Waals surface area contributed by atoms with Crippen LogP contribution in [0.2, 0.25) is 0 Å². The molecule has 7 heteroatoms. The molecule has 0 bridgehead atoms. The topological polar surface area (TPSA) is 92.2 Å². The molecule has 2 aromatic rings. The van der Waals surface area contributed by atoms with Crippen molar-refractivity contribution in [3.05, 3.63) is 48.0 Å². The number of hydrogen-bond acceptors (Lipinski definition) is 6. The maximum atomic E-state index is 11.7. The van der Waals surface area contributed by atoms with E-state index >= 15 is 0 Å². The van der Waals surface area contributed by atoms with E-state index in [4.69, 9.17) is 9.47 Å². The molecule has 0 fully saturated rings. The maximum absolute atomic E-state index is 11.7. The number of amides is 1. The first-order valence-electron chi connectivity index (χ1n) is 7.20. The molecule has 24 heavy (non-hydrogen) atoms. The highest BCUT2D eigenvalue weighted by atomic mass is 16.5. The van der Waals surface area contributed by atoms with E-state index in [-0.39, 0.29) is 18.2 Å². The first-order valence-corrected chi connectivity index (χ1v) is 7.20. The normalized spacial score (nSPS) is 10.4. The Kier molecular flexibility index (Phi) is 6.01. The van der Waals surface area contributed by atoms with E-state index in [1.54, 1.807) is 37.4 Å². The number of para-hydroxylation sites is 1. The second kappa shape index (κ2) is 8.42. The van der Waals surface area contributed by atoms with Gasteiger partial charge in [0.1, 0.15) is 5.75 Å². The molecule has 0 aromatic heterocycles. The van der Waals surface area contributed by atoms with Gasteiger partial charge in [-0.15, -0.1) is 0 Å². The first-order chi connectivity index (χ1) is 11.6. The van der Waals surface area contributed by atoms with Gasteiger partial charge >= 0.3 is 0 Å². The van der Waals surface area contributed by atoms with Gasteiger partial charge < -0.3 is 19.9 Å². The summed E-state index contributed by atoms with van der Waals surface area (Å²) in [5.74, 6) is 0.734. The molecule has 0 radical (unpaired) electrons.